The fourth-order valence-corrected chi connectivity index (χ4v) is 6.47. The summed E-state index contributed by atoms with van der Waals surface area (Å²) in [6.07, 6.45) is 11.7. The molecule has 0 radical (unpaired) electrons. The highest BCUT2D eigenvalue weighted by molar-refractivity contribution is 6.33. The molecule has 2 aliphatic carbocycles. The lowest BCUT2D eigenvalue weighted by molar-refractivity contribution is 0.141. The molecule has 1 nitrogen and oxygen atoms in total. The number of fused-ring (bicyclic) bond motifs is 1. The largest absolute Gasteiger partial charge is 0.252 e. The zero-order valence-electron chi connectivity index (χ0n) is 18.8. The molecule has 2 aromatic carbocycles. The van der Waals surface area contributed by atoms with E-state index < -0.39 is 0 Å². The van der Waals surface area contributed by atoms with E-state index in [-0.39, 0.29) is 0 Å². The van der Waals surface area contributed by atoms with Gasteiger partial charge in [0, 0.05) is 26.9 Å². The average molecular weight is 464 g/mol. The summed E-state index contributed by atoms with van der Waals surface area (Å²) in [5, 5.41) is 1.51. The summed E-state index contributed by atoms with van der Waals surface area (Å²) >= 11 is 12.9. The van der Waals surface area contributed by atoms with Crippen LogP contribution in [0.4, 0.5) is 0 Å². The van der Waals surface area contributed by atoms with Gasteiger partial charge in [-0.15, -0.1) is 0 Å². The minimum atomic E-state index is 0.442. The van der Waals surface area contributed by atoms with Crippen LogP contribution >= 0.6 is 23.2 Å². The quantitative estimate of drug-likeness (QED) is 0.375. The van der Waals surface area contributed by atoms with E-state index >= 15 is 0 Å². The molecule has 1 atom stereocenters. The maximum absolute atomic E-state index is 6.69. The topological polar surface area (TPSA) is 12.9 Å². The molecule has 0 bridgehead atoms. The fraction of sp³-hybridized carbons (Fsp3) is 0.414. The minimum absolute atomic E-state index is 0.442. The Balaban J connectivity index is 1.70. The number of rotatable bonds is 4. The van der Waals surface area contributed by atoms with Crippen LogP contribution in [0.2, 0.25) is 10.0 Å². The Hall–Kier alpha value is -1.83. The van der Waals surface area contributed by atoms with Crippen LogP contribution < -0.4 is 0 Å². The summed E-state index contributed by atoms with van der Waals surface area (Å²) in [5.41, 5.74) is 7.53. The number of benzene rings is 2. The smallest absolute Gasteiger partial charge is 0.0798 e. The van der Waals surface area contributed by atoms with Crippen molar-refractivity contribution in [1.82, 2.24) is 4.98 Å². The predicted molar refractivity (Wildman–Crippen MR) is 137 cm³/mol. The first-order valence-corrected chi connectivity index (χ1v) is 12.9. The van der Waals surface area contributed by atoms with Crippen LogP contribution in [-0.4, -0.2) is 4.98 Å². The molecule has 1 spiro atoms. The van der Waals surface area contributed by atoms with Crippen molar-refractivity contribution in [1.29, 1.82) is 0 Å². The van der Waals surface area contributed by atoms with E-state index in [1.165, 1.54) is 62.6 Å². The summed E-state index contributed by atoms with van der Waals surface area (Å²) in [6, 6.07) is 18.7. The molecular formula is C29H31Cl2N. The van der Waals surface area contributed by atoms with E-state index in [1.807, 2.05) is 24.3 Å². The molecule has 1 saturated carbocycles. The minimum Gasteiger partial charge on any atom is -0.252 e. The molecular weight excluding hydrogens is 433 g/mol. The molecule has 166 valence electrons. The molecule has 0 aliphatic heterocycles. The summed E-state index contributed by atoms with van der Waals surface area (Å²) in [6.45, 7) is 2.31. The van der Waals surface area contributed by atoms with Crippen LogP contribution in [0.15, 0.2) is 54.6 Å². The van der Waals surface area contributed by atoms with Crippen LogP contribution in [0, 0.1) is 5.41 Å². The standard InChI is InChI=1S/C29H31Cl2N/c1-2-8-21-18-29(15-6-3-7-16-29)19-27-24(21)17-25(20-11-13-22(30)14-12-20)28(32-27)23-9-4-5-10-26(23)31/h4-5,9-14,17,21H,2-3,6-8,15-16,18-19H2,1H3. The lowest BCUT2D eigenvalue weighted by Gasteiger charge is -2.44. The summed E-state index contributed by atoms with van der Waals surface area (Å²) in [5.74, 6) is 0.598. The van der Waals surface area contributed by atoms with E-state index in [2.05, 4.69) is 37.3 Å². The van der Waals surface area contributed by atoms with Gasteiger partial charge in [-0.05, 0) is 78.8 Å². The van der Waals surface area contributed by atoms with Gasteiger partial charge in [-0.25, -0.2) is 0 Å². The van der Waals surface area contributed by atoms with E-state index in [9.17, 15) is 0 Å². The normalized spacial score (nSPS) is 19.7. The van der Waals surface area contributed by atoms with Crippen molar-refractivity contribution in [2.75, 3.05) is 0 Å². The average Bonchev–Trinajstić information content (AvgIpc) is 2.80. The molecule has 1 heterocycles. The summed E-state index contributed by atoms with van der Waals surface area (Å²) < 4.78 is 0. The molecule has 1 fully saturated rings. The first-order valence-electron chi connectivity index (χ1n) is 12.1. The second-order valence-electron chi connectivity index (χ2n) is 9.83. The molecule has 3 heteroatoms. The first kappa shape index (κ1) is 22.0. The molecule has 0 N–H and O–H groups in total. The van der Waals surface area contributed by atoms with Crippen LogP contribution in [0.1, 0.15) is 75.5 Å². The molecule has 5 rings (SSSR count). The van der Waals surface area contributed by atoms with Crippen molar-refractivity contribution in [3.63, 3.8) is 0 Å². The van der Waals surface area contributed by atoms with Gasteiger partial charge in [0.25, 0.3) is 0 Å². The highest BCUT2D eigenvalue weighted by Crippen LogP contribution is 2.52. The molecule has 0 saturated heterocycles. The highest BCUT2D eigenvalue weighted by atomic mass is 35.5. The third kappa shape index (κ3) is 4.22. The first-order chi connectivity index (χ1) is 15.6. The van der Waals surface area contributed by atoms with E-state index in [0.717, 1.165) is 38.9 Å². The number of nitrogens with zero attached hydrogens (tertiary/aromatic N) is 1. The van der Waals surface area contributed by atoms with Gasteiger partial charge in [0.1, 0.15) is 0 Å². The molecule has 1 aromatic heterocycles. The van der Waals surface area contributed by atoms with Crippen molar-refractivity contribution >= 4 is 23.2 Å². The number of halogens is 2. The number of pyridine rings is 1. The van der Waals surface area contributed by atoms with Crippen molar-refractivity contribution in [2.24, 2.45) is 5.41 Å². The molecule has 1 unspecified atom stereocenters. The predicted octanol–water partition coefficient (Wildman–Crippen LogP) is 9.50. The fourth-order valence-electron chi connectivity index (χ4n) is 6.12. The van der Waals surface area contributed by atoms with Gasteiger partial charge in [-0.1, -0.05) is 86.1 Å². The van der Waals surface area contributed by atoms with Gasteiger partial charge in [0.05, 0.1) is 5.69 Å². The third-order valence-corrected chi connectivity index (χ3v) is 8.21. The Morgan fingerprint density at radius 3 is 2.41 bits per heavy atom. The molecule has 2 aliphatic rings. The maximum Gasteiger partial charge on any atom is 0.0798 e. The van der Waals surface area contributed by atoms with Crippen molar-refractivity contribution < 1.29 is 0 Å². The van der Waals surface area contributed by atoms with E-state index in [0.29, 0.717) is 11.3 Å². The summed E-state index contributed by atoms with van der Waals surface area (Å²) in [4.78, 5) is 5.41. The van der Waals surface area contributed by atoms with Crippen LogP contribution in [0.3, 0.4) is 0 Å². The second-order valence-corrected chi connectivity index (χ2v) is 10.7. The summed E-state index contributed by atoms with van der Waals surface area (Å²) in [7, 11) is 0. The van der Waals surface area contributed by atoms with Crippen LogP contribution in [0.5, 0.6) is 0 Å². The number of aromatic nitrogens is 1. The molecule has 3 aromatic rings. The van der Waals surface area contributed by atoms with E-state index in [4.69, 9.17) is 28.2 Å². The van der Waals surface area contributed by atoms with Gasteiger partial charge < -0.3 is 0 Å². The number of hydrogen-bond acceptors (Lipinski definition) is 1. The van der Waals surface area contributed by atoms with Crippen molar-refractivity contribution in [2.45, 2.75) is 70.6 Å². The Labute approximate surface area is 202 Å². The molecule has 32 heavy (non-hydrogen) atoms. The lowest BCUT2D eigenvalue weighted by atomic mass is 9.61. The maximum atomic E-state index is 6.69. The Morgan fingerprint density at radius 2 is 1.69 bits per heavy atom. The highest BCUT2D eigenvalue weighted by Gasteiger charge is 2.40. The lowest BCUT2D eigenvalue weighted by Crippen LogP contribution is -2.34. The van der Waals surface area contributed by atoms with Gasteiger partial charge in [-0.2, -0.15) is 0 Å². The van der Waals surface area contributed by atoms with Crippen LogP contribution in [0.25, 0.3) is 22.4 Å². The Kier molecular flexibility index (Phi) is 6.32. The Bertz CT molecular complexity index is 1100. The van der Waals surface area contributed by atoms with Gasteiger partial charge in [-0.3, -0.25) is 4.98 Å². The van der Waals surface area contributed by atoms with Crippen molar-refractivity contribution in [3.8, 4) is 22.4 Å². The van der Waals surface area contributed by atoms with Crippen LogP contribution in [-0.2, 0) is 6.42 Å². The third-order valence-electron chi connectivity index (χ3n) is 7.63. The molecule has 0 amide bonds. The second kappa shape index (κ2) is 9.20. The van der Waals surface area contributed by atoms with Gasteiger partial charge >= 0.3 is 0 Å². The monoisotopic (exact) mass is 463 g/mol. The van der Waals surface area contributed by atoms with Gasteiger partial charge in [0.2, 0.25) is 0 Å². The van der Waals surface area contributed by atoms with Gasteiger partial charge in [0.15, 0.2) is 0 Å². The zero-order valence-corrected chi connectivity index (χ0v) is 20.4. The Morgan fingerprint density at radius 1 is 0.938 bits per heavy atom. The van der Waals surface area contributed by atoms with Crippen molar-refractivity contribution in [3.05, 3.63) is 75.9 Å². The number of hydrogen-bond donors (Lipinski definition) is 0. The van der Waals surface area contributed by atoms with E-state index in [1.54, 1.807) is 0 Å². The zero-order chi connectivity index (χ0) is 22.1. The SMILES string of the molecule is CCCC1CC2(CCCCC2)Cc2nc(-c3ccccc3Cl)c(-c3ccc(Cl)cc3)cc21.